The first-order chi connectivity index (χ1) is 18.2. The molecule has 1 aromatic carbocycles. The monoisotopic (exact) mass is 628 g/mol. The van der Waals surface area contributed by atoms with Crippen molar-refractivity contribution in [2.45, 2.75) is 69.2 Å². The van der Waals surface area contributed by atoms with Gasteiger partial charge in [-0.25, -0.2) is 4.79 Å². The molecule has 0 saturated carbocycles. The van der Waals surface area contributed by atoms with Gasteiger partial charge in [0.15, 0.2) is 14.0 Å². The first kappa shape index (κ1) is 30.5. The Balaban J connectivity index is 1.49. The predicted molar refractivity (Wildman–Crippen MR) is 161 cm³/mol. The van der Waals surface area contributed by atoms with E-state index in [1.807, 2.05) is 6.92 Å². The molecule has 3 aliphatic rings. The molecule has 0 aliphatic carbocycles. The van der Waals surface area contributed by atoms with Gasteiger partial charge in [0.25, 0.3) is 5.69 Å². The minimum Gasteiger partial charge on any atom is -0.456 e. The molecule has 0 aromatic heterocycles. The van der Waals surface area contributed by atoms with Crippen LogP contribution in [0.3, 0.4) is 0 Å². The summed E-state index contributed by atoms with van der Waals surface area (Å²) >= 11 is 5.59. The summed E-state index contributed by atoms with van der Waals surface area (Å²) in [5.41, 5.74) is 0.793. The van der Waals surface area contributed by atoms with Crippen molar-refractivity contribution in [3.8, 4) is 0 Å². The number of non-ortho nitro benzene ring substituents is 1. The van der Waals surface area contributed by atoms with E-state index in [-0.39, 0.29) is 56.0 Å². The van der Waals surface area contributed by atoms with Crippen molar-refractivity contribution in [2.75, 3.05) is 11.5 Å². The summed E-state index contributed by atoms with van der Waals surface area (Å²) in [5.74, 6) is 0.219. The topological polar surface area (TPSA) is 116 Å². The standard InChI is InChI=1S/C25H32N2O7S4Si/c1-14(34-39(5,6)25(2,3)4)18-20(28)26-19(22(29)33-11-15-7-9-16(10-8-15)27(31)32)23(38-21(18)26)35-12-17-13-36-24(30)37-17/h7-10,14,17-18,21H,11-13H2,1-6H3/t14-,17?,18?,21-/m1/s1. The Labute approximate surface area is 246 Å². The number of rotatable bonds is 10. The molecular weight excluding hydrogens is 597 g/mol. The lowest BCUT2D eigenvalue weighted by molar-refractivity contribution is -0.384. The highest BCUT2D eigenvalue weighted by molar-refractivity contribution is 8.41. The number of amides is 1. The van der Waals surface area contributed by atoms with Crippen molar-refractivity contribution in [3.05, 3.63) is 49.9 Å². The Morgan fingerprint density at radius 2 is 1.90 bits per heavy atom. The van der Waals surface area contributed by atoms with Crippen LogP contribution in [0.5, 0.6) is 0 Å². The van der Waals surface area contributed by atoms with Gasteiger partial charge in [-0.3, -0.25) is 24.6 Å². The van der Waals surface area contributed by atoms with E-state index < -0.39 is 19.2 Å². The molecule has 39 heavy (non-hydrogen) atoms. The maximum Gasteiger partial charge on any atom is 0.357 e. The van der Waals surface area contributed by atoms with Crippen LogP contribution in [0.4, 0.5) is 10.5 Å². The van der Waals surface area contributed by atoms with Crippen molar-refractivity contribution in [1.29, 1.82) is 0 Å². The molecule has 4 rings (SSSR count). The van der Waals surface area contributed by atoms with Gasteiger partial charge in [-0.2, -0.15) is 0 Å². The van der Waals surface area contributed by atoms with Crippen LogP contribution in [0, 0.1) is 16.0 Å². The Morgan fingerprint density at radius 3 is 2.46 bits per heavy atom. The third kappa shape index (κ3) is 6.56. The number of ether oxygens (including phenoxy) is 1. The number of carbonyl (C=O) groups is 3. The zero-order valence-corrected chi connectivity index (χ0v) is 26.9. The van der Waals surface area contributed by atoms with Gasteiger partial charge in [0.1, 0.15) is 12.0 Å². The Bertz CT molecular complexity index is 1200. The van der Waals surface area contributed by atoms with Crippen LogP contribution in [-0.4, -0.2) is 62.7 Å². The van der Waals surface area contributed by atoms with Crippen LogP contribution < -0.4 is 0 Å². The summed E-state index contributed by atoms with van der Waals surface area (Å²) in [4.78, 5) is 50.4. The maximum atomic E-state index is 13.4. The summed E-state index contributed by atoms with van der Waals surface area (Å²) in [5, 5.41) is 10.8. The van der Waals surface area contributed by atoms with Crippen molar-refractivity contribution in [1.82, 2.24) is 4.90 Å². The lowest BCUT2D eigenvalue weighted by atomic mass is 9.92. The Morgan fingerprint density at radius 1 is 1.23 bits per heavy atom. The van der Waals surface area contributed by atoms with E-state index in [9.17, 15) is 24.5 Å². The quantitative estimate of drug-likeness (QED) is 0.0935. The van der Waals surface area contributed by atoms with Crippen LogP contribution in [0.1, 0.15) is 33.3 Å². The number of β-lactam (4-membered cyclic amide) rings is 1. The van der Waals surface area contributed by atoms with Gasteiger partial charge in [0, 0.05) is 28.9 Å². The number of benzene rings is 1. The minimum atomic E-state index is -2.11. The summed E-state index contributed by atoms with van der Waals surface area (Å²) in [6, 6.07) is 5.80. The maximum absolute atomic E-state index is 13.4. The van der Waals surface area contributed by atoms with Crippen molar-refractivity contribution < 1.29 is 28.5 Å². The van der Waals surface area contributed by atoms with E-state index in [1.54, 1.807) is 12.1 Å². The van der Waals surface area contributed by atoms with Gasteiger partial charge in [-0.05, 0) is 42.8 Å². The molecule has 2 unspecified atom stereocenters. The van der Waals surface area contributed by atoms with E-state index in [4.69, 9.17) is 9.16 Å². The number of esters is 1. The average Bonchev–Trinajstić information content (AvgIpc) is 3.41. The molecule has 4 atom stereocenters. The van der Waals surface area contributed by atoms with Gasteiger partial charge < -0.3 is 9.16 Å². The molecule has 1 amide bonds. The number of nitro groups is 1. The first-order valence-corrected chi connectivity index (χ1v) is 19.1. The number of fused-ring (bicyclic) bond motifs is 1. The molecule has 3 aliphatic heterocycles. The number of nitro benzene ring substituents is 1. The second-order valence-electron chi connectivity index (χ2n) is 11.1. The fourth-order valence-electron chi connectivity index (χ4n) is 4.09. The van der Waals surface area contributed by atoms with Gasteiger partial charge in [0.05, 0.1) is 21.2 Å². The number of hydrogen-bond donors (Lipinski definition) is 0. The summed E-state index contributed by atoms with van der Waals surface area (Å²) in [7, 11) is -2.11. The zero-order valence-electron chi connectivity index (χ0n) is 22.6. The van der Waals surface area contributed by atoms with Crippen LogP contribution in [0.25, 0.3) is 0 Å². The lowest BCUT2D eigenvalue weighted by Gasteiger charge is -2.48. The summed E-state index contributed by atoms with van der Waals surface area (Å²) < 4.78 is 12.9. The molecule has 2 saturated heterocycles. The van der Waals surface area contributed by atoms with Gasteiger partial charge in [-0.15, -0.1) is 11.8 Å². The Kier molecular flexibility index (Phi) is 9.23. The largest absolute Gasteiger partial charge is 0.456 e. The van der Waals surface area contributed by atoms with E-state index >= 15 is 0 Å². The average molecular weight is 629 g/mol. The molecule has 1 aromatic rings. The van der Waals surface area contributed by atoms with Crippen molar-refractivity contribution in [2.24, 2.45) is 5.92 Å². The number of carbonyl (C=O) groups excluding carboxylic acids is 3. The minimum absolute atomic E-state index is 0.00292. The zero-order chi connectivity index (χ0) is 28.7. The molecule has 0 spiro atoms. The second-order valence-corrected chi connectivity index (χ2v) is 20.8. The SMILES string of the molecule is C[C@@H](O[Si](C)(C)C(C)(C)C)C1C(=O)N2C(C(=O)OCc3ccc([N+](=O)[O-])cc3)=C(SCC3CSC(=O)S3)S[C@H]12. The van der Waals surface area contributed by atoms with E-state index in [2.05, 4.69) is 33.9 Å². The second kappa shape index (κ2) is 11.8. The van der Waals surface area contributed by atoms with Gasteiger partial charge in [-0.1, -0.05) is 56.1 Å². The summed E-state index contributed by atoms with van der Waals surface area (Å²) in [6.07, 6.45) is -0.298. The first-order valence-electron chi connectivity index (χ1n) is 12.5. The molecule has 14 heteroatoms. The summed E-state index contributed by atoms with van der Waals surface area (Å²) in [6.45, 7) is 12.7. The highest BCUT2D eigenvalue weighted by Crippen LogP contribution is 2.55. The van der Waals surface area contributed by atoms with E-state index in [0.717, 1.165) is 5.75 Å². The molecule has 212 valence electrons. The van der Waals surface area contributed by atoms with Crippen molar-refractivity contribution >= 4 is 77.4 Å². The fraction of sp³-hybridized carbons (Fsp3) is 0.560. The van der Waals surface area contributed by atoms with Crippen LogP contribution >= 0.6 is 47.0 Å². The molecule has 2 fully saturated rings. The van der Waals surface area contributed by atoms with E-state index in [0.29, 0.717) is 15.6 Å². The van der Waals surface area contributed by atoms with Crippen LogP contribution in [0.15, 0.2) is 34.2 Å². The number of thioether (sulfide) groups is 4. The smallest absolute Gasteiger partial charge is 0.357 e. The van der Waals surface area contributed by atoms with Gasteiger partial charge in [0.2, 0.25) is 10.4 Å². The molecular formula is C25H32N2O7S4Si. The van der Waals surface area contributed by atoms with Crippen molar-refractivity contribution in [3.63, 3.8) is 0 Å². The highest BCUT2D eigenvalue weighted by Gasteiger charge is 2.59. The highest BCUT2D eigenvalue weighted by atomic mass is 32.2. The lowest BCUT2D eigenvalue weighted by Crippen LogP contribution is -2.62. The fourth-order valence-corrected chi connectivity index (χ4v) is 11.1. The van der Waals surface area contributed by atoms with Crippen LogP contribution in [0.2, 0.25) is 18.1 Å². The third-order valence-corrected chi connectivity index (χ3v) is 17.4. The molecule has 0 bridgehead atoms. The predicted octanol–water partition coefficient (Wildman–Crippen LogP) is 6.45. The van der Waals surface area contributed by atoms with Gasteiger partial charge >= 0.3 is 5.97 Å². The normalized spacial score (nSPS) is 24.1. The molecule has 0 N–H and O–H groups in total. The molecule has 9 nitrogen and oxygen atoms in total. The number of nitrogens with zero attached hydrogens (tertiary/aromatic N) is 2. The Hall–Kier alpha value is -1.45. The molecule has 0 radical (unpaired) electrons. The van der Waals surface area contributed by atoms with E-state index in [1.165, 1.54) is 64.1 Å². The molecule has 3 heterocycles. The van der Waals surface area contributed by atoms with Crippen LogP contribution in [-0.2, 0) is 25.4 Å². The number of hydrogen-bond acceptors (Lipinski definition) is 11. The third-order valence-electron chi connectivity index (χ3n) is 7.30.